The van der Waals surface area contributed by atoms with Crippen molar-refractivity contribution in [2.24, 2.45) is 4.99 Å². The van der Waals surface area contributed by atoms with Crippen LogP contribution in [-0.4, -0.2) is 66.9 Å². The number of hydrogen-bond donors (Lipinski definition) is 6. The van der Waals surface area contributed by atoms with Crippen molar-refractivity contribution in [2.75, 3.05) is 38.2 Å². The predicted molar refractivity (Wildman–Crippen MR) is 130 cm³/mol. The van der Waals surface area contributed by atoms with Crippen LogP contribution in [0, 0.1) is 11.6 Å². The lowest BCUT2D eigenvalue weighted by atomic mass is 10.1. The van der Waals surface area contributed by atoms with Crippen molar-refractivity contribution < 1.29 is 18.7 Å². The maximum Gasteiger partial charge on any atom is 0.251 e. The van der Waals surface area contributed by atoms with Gasteiger partial charge in [-0.15, -0.1) is 0 Å². The lowest BCUT2D eigenvalue weighted by molar-refractivity contribution is 0.0950. The number of benzene rings is 2. The number of carbonyl (C=O) groups excluding carboxylic acids is 1. The number of rotatable bonds is 10. The summed E-state index contributed by atoms with van der Waals surface area (Å²) < 4.78 is 27.7. The summed E-state index contributed by atoms with van der Waals surface area (Å²) in [7, 11) is 0. The summed E-state index contributed by atoms with van der Waals surface area (Å²) in [6.45, 7) is 2.56. The second-order valence-corrected chi connectivity index (χ2v) is 8.42. The first-order valence-electron chi connectivity index (χ1n) is 11.7. The molecule has 0 aromatic heterocycles. The molecule has 2 aromatic carbocycles. The molecule has 1 fully saturated rings. The topological polar surface area (TPSA) is 113 Å². The third kappa shape index (κ3) is 6.38. The van der Waals surface area contributed by atoms with E-state index in [4.69, 9.17) is 0 Å². The molecule has 2 atom stereocenters. The highest BCUT2D eigenvalue weighted by Gasteiger charge is 2.35. The van der Waals surface area contributed by atoms with Gasteiger partial charge < -0.3 is 15.7 Å². The molecule has 1 saturated heterocycles. The number of aliphatic hydroxyl groups is 1. The molecular weight excluding hydrogens is 456 g/mol. The van der Waals surface area contributed by atoms with Crippen LogP contribution in [0.2, 0.25) is 0 Å². The van der Waals surface area contributed by atoms with Gasteiger partial charge in [0.05, 0.1) is 12.8 Å². The number of carbonyl (C=O) groups is 1. The number of anilines is 1. The Labute approximate surface area is 203 Å². The molecule has 4 rings (SSSR count). The van der Waals surface area contributed by atoms with Crippen LogP contribution >= 0.6 is 0 Å². The monoisotopic (exact) mass is 487 g/mol. The summed E-state index contributed by atoms with van der Waals surface area (Å²) in [5, 5.41) is 18.5. The second-order valence-electron chi connectivity index (χ2n) is 8.42. The zero-order chi connectivity index (χ0) is 24.6. The van der Waals surface area contributed by atoms with Crippen molar-refractivity contribution in [3.63, 3.8) is 0 Å². The summed E-state index contributed by atoms with van der Waals surface area (Å²) in [5.74, 6) is -1.82. The van der Waals surface area contributed by atoms with Gasteiger partial charge in [0.2, 0.25) is 0 Å². The molecule has 11 heteroatoms. The quantitative estimate of drug-likeness (QED) is 0.298. The van der Waals surface area contributed by atoms with Gasteiger partial charge in [-0.25, -0.2) is 19.6 Å². The molecule has 2 aliphatic rings. The zero-order valence-corrected chi connectivity index (χ0v) is 19.4. The van der Waals surface area contributed by atoms with Crippen molar-refractivity contribution in [3.05, 3.63) is 65.2 Å². The molecule has 0 radical (unpaired) electrons. The fourth-order valence-electron chi connectivity index (χ4n) is 4.21. The smallest absolute Gasteiger partial charge is 0.251 e. The van der Waals surface area contributed by atoms with Gasteiger partial charge in [-0.05, 0) is 36.8 Å². The fraction of sp³-hybridized carbons (Fsp3) is 0.417. The Morgan fingerprint density at radius 3 is 2.71 bits per heavy atom. The van der Waals surface area contributed by atoms with Crippen molar-refractivity contribution in [1.29, 1.82) is 0 Å². The first-order chi connectivity index (χ1) is 17.1. The second kappa shape index (κ2) is 12.1. The van der Waals surface area contributed by atoms with Gasteiger partial charge in [-0.3, -0.25) is 20.0 Å². The molecule has 2 aromatic rings. The Hall–Kier alpha value is -2.96. The van der Waals surface area contributed by atoms with E-state index in [1.807, 2.05) is 6.07 Å². The first-order valence-corrected chi connectivity index (χ1v) is 11.7. The first kappa shape index (κ1) is 25.1. The molecule has 35 heavy (non-hydrogen) atoms. The SMILES string of the molecule is O=C(NCc1c(F)cccc1F)c1cccc(NCC2NNC(C3=NCNCC3)N2CCCO)c1. The number of nitrogens with one attached hydrogen (secondary N) is 5. The number of amides is 1. The number of halogens is 2. The average Bonchev–Trinajstić information content (AvgIpc) is 3.29. The van der Waals surface area contributed by atoms with E-state index < -0.39 is 17.5 Å². The summed E-state index contributed by atoms with van der Waals surface area (Å²) >= 11 is 0. The van der Waals surface area contributed by atoms with Gasteiger partial charge in [-0.2, -0.15) is 0 Å². The lowest BCUT2D eigenvalue weighted by Crippen LogP contribution is -2.49. The van der Waals surface area contributed by atoms with Crippen LogP contribution in [0.3, 0.4) is 0 Å². The summed E-state index contributed by atoms with van der Waals surface area (Å²) in [5.41, 5.74) is 8.62. The number of hydrazine groups is 1. The van der Waals surface area contributed by atoms with Crippen molar-refractivity contribution in [1.82, 2.24) is 26.4 Å². The lowest BCUT2D eigenvalue weighted by Gasteiger charge is -2.30. The van der Waals surface area contributed by atoms with Crippen LogP contribution in [-0.2, 0) is 6.54 Å². The minimum Gasteiger partial charge on any atom is -0.396 e. The average molecular weight is 488 g/mol. The fourth-order valence-corrected chi connectivity index (χ4v) is 4.21. The summed E-state index contributed by atoms with van der Waals surface area (Å²) in [4.78, 5) is 19.4. The zero-order valence-electron chi connectivity index (χ0n) is 19.4. The maximum atomic E-state index is 13.8. The van der Waals surface area contributed by atoms with Crippen LogP contribution in [0.4, 0.5) is 14.5 Å². The van der Waals surface area contributed by atoms with E-state index in [2.05, 4.69) is 36.7 Å². The maximum absolute atomic E-state index is 13.8. The third-order valence-corrected chi connectivity index (χ3v) is 6.07. The molecule has 6 N–H and O–H groups in total. The normalized spacial score (nSPS) is 20.5. The Balaban J connectivity index is 1.36. The van der Waals surface area contributed by atoms with E-state index in [-0.39, 0.29) is 31.0 Å². The highest BCUT2D eigenvalue weighted by Crippen LogP contribution is 2.17. The summed E-state index contributed by atoms with van der Waals surface area (Å²) in [6, 6.07) is 10.5. The van der Waals surface area contributed by atoms with Gasteiger partial charge in [0, 0.05) is 61.7 Å². The summed E-state index contributed by atoms with van der Waals surface area (Å²) in [6.07, 6.45) is 1.38. The van der Waals surface area contributed by atoms with Gasteiger partial charge in [0.1, 0.15) is 17.8 Å². The number of nitrogens with zero attached hydrogens (tertiary/aromatic N) is 2. The van der Waals surface area contributed by atoms with Gasteiger partial charge in [0.15, 0.2) is 0 Å². The van der Waals surface area contributed by atoms with Crippen LogP contribution < -0.4 is 26.8 Å². The van der Waals surface area contributed by atoms with E-state index in [1.54, 1.807) is 18.2 Å². The van der Waals surface area contributed by atoms with E-state index in [0.29, 0.717) is 31.7 Å². The number of aliphatic imine (C=N–C) groups is 1. The molecule has 0 saturated carbocycles. The molecule has 2 unspecified atom stereocenters. The minimum absolute atomic E-state index is 0.0497. The Morgan fingerprint density at radius 1 is 1.17 bits per heavy atom. The Morgan fingerprint density at radius 2 is 1.97 bits per heavy atom. The van der Waals surface area contributed by atoms with Crippen molar-refractivity contribution >= 4 is 17.3 Å². The Bertz CT molecular complexity index is 1030. The molecular formula is C24H31F2N7O2. The van der Waals surface area contributed by atoms with E-state index in [0.717, 1.165) is 36.5 Å². The van der Waals surface area contributed by atoms with Crippen LogP contribution in [0.15, 0.2) is 47.5 Å². The minimum atomic E-state index is -0.696. The number of aliphatic hydroxyl groups excluding tert-OH is 1. The molecule has 1 amide bonds. The third-order valence-electron chi connectivity index (χ3n) is 6.07. The molecule has 0 bridgehead atoms. The molecule has 0 aliphatic carbocycles. The van der Waals surface area contributed by atoms with Crippen LogP contribution in [0.1, 0.15) is 28.8 Å². The number of hydrogen-bond acceptors (Lipinski definition) is 8. The largest absolute Gasteiger partial charge is 0.396 e. The van der Waals surface area contributed by atoms with E-state index in [9.17, 15) is 18.7 Å². The molecule has 9 nitrogen and oxygen atoms in total. The predicted octanol–water partition coefficient (Wildman–Crippen LogP) is 1.14. The highest BCUT2D eigenvalue weighted by molar-refractivity contribution is 5.95. The highest BCUT2D eigenvalue weighted by atomic mass is 19.1. The molecule has 2 aliphatic heterocycles. The van der Waals surface area contributed by atoms with E-state index >= 15 is 0 Å². The van der Waals surface area contributed by atoms with Crippen LogP contribution in [0.5, 0.6) is 0 Å². The molecule has 2 heterocycles. The Kier molecular flexibility index (Phi) is 8.72. The van der Waals surface area contributed by atoms with Crippen molar-refractivity contribution in [2.45, 2.75) is 31.7 Å². The molecule has 0 spiro atoms. The van der Waals surface area contributed by atoms with Gasteiger partial charge in [0.25, 0.3) is 5.91 Å². The van der Waals surface area contributed by atoms with E-state index in [1.165, 1.54) is 6.07 Å². The standard InChI is InChI=1S/C24H31F2N7O2/c25-19-6-2-7-20(26)18(19)13-29-24(35)16-4-1-5-17(12-16)28-14-22-31-32-23(33(22)10-3-11-34)21-8-9-27-15-30-21/h1-2,4-7,12,22-23,27-28,31-32,34H,3,8-11,13-15H2,(H,29,35). The molecule has 188 valence electrons. The van der Waals surface area contributed by atoms with Crippen molar-refractivity contribution in [3.8, 4) is 0 Å². The van der Waals surface area contributed by atoms with Crippen LogP contribution in [0.25, 0.3) is 0 Å². The van der Waals surface area contributed by atoms with Gasteiger partial charge >= 0.3 is 0 Å². The van der Waals surface area contributed by atoms with Gasteiger partial charge in [-0.1, -0.05) is 12.1 Å².